The lowest BCUT2D eigenvalue weighted by Crippen LogP contribution is -2.38. The average molecular weight is 400 g/mol. The highest BCUT2D eigenvalue weighted by Crippen LogP contribution is 2.34. The Hall–Kier alpha value is 0.400. The second-order valence-corrected chi connectivity index (χ2v) is 10.3. The third-order valence-corrected chi connectivity index (χ3v) is 8.34. The highest BCUT2D eigenvalue weighted by atomic mass is 79.9. The molecule has 0 aromatic carbocycles. The van der Waals surface area contributed by atoms with E-state index in [1.807, 2.05) is 11.8 Å². The number of hydrogen-bond acceptors (Lipinski definition) is 5. The van der Waals surface area contributed by atoms with Crippen molar-refractivity contribution in [1.29, 1.82) is 0 Å². The first-order chi connectivity index (χ1) is 9.47. The molecule has 0 saturated heterocycles. The Morgan fingerprint density at radius 3 is 2.90 bits per heavy atom. The number of nitrogens with one attached hydrogen (secondary N) is 1. The second-order valence-electron chi connectivity index (χ2n) is 4.66. The Kier molecular flexibility index (Phi) is 5.96. The van der Waals surface area contributed by atoms with Gasteiger partial charge in [-0.2, -0.15) is 11.8 Å². The van der Waals surface area contributed by atoms with Gasteiger partial charge in [0.15, 0.2) is 0 Å². The van der Waals surface area contributed by atoms with Crippen LogP contribution in [-0.4, -0.2) is 30.6 Å². The smallest absolute Gasteiger partial charge is 0.242 e. The molecule has 8 heteroatoms. The zero-order chi connectivity index (χ0) is 14.8. The van der Waals surface area contributed by atoms with Crippen molar-refractivity contribution in [1.82, 2.24) is 4.72 Å². The van der Waals surface area contributed by atoms with Gasteiger partial charge >= 0.3 is 0 Å². The van der Waals surface area contributed by atoms with Crippen molar-refractivity contribution in [2.45, 2.75) is 49.0 Å². The van der Waals surface area contributed by atoms with Crippen LogP contribution in [0.25, 0.3) is 0 Å². The summed E-state index contributed by atoms with van der Waals surface area (Å²) in [6, 6.07) is 1.54. The molecule has 1 aromatic rings. The largest absolute Gasteiger partial charge is 0.391 e. The molecule has 1 heterocycles. The van der Waals surface area contributed by atoms with Crippen LogP contribution in [0.2, 0.25) is 0 Å². The molecular weight excluding hydrogens is 382 g/mol. The molecule has 2 atom stereocenters. The maximum absolute atomic E-state index is 12.5. The first-order valence-corrected chi connectivity index (χ1v) is 10.6. The lowest BCUT2D eigenvalue weighted by molar-refractivity contribution is 0.285. The highest BCUT2D eigenvalue weighted by Gasteiger charge is 2.32. The van der Waals surface area contributed by atoms with E-state index in [9.17, 15) is 8.42 Å². The summed E-state index contributed by atoms with van der Waals surface area (Å²) < 4.78 is 28.3. The van der Waals surface area contributed by atoms with Crippen LogP contribution < -0.4 is 4.72 Å². The van der Waals surface area contributed by atoms with Gasteiger partial charge in [-0.25, -0.2) is 13.1 Å². The van der Waals surface area contributed by atoms with Crippen molar-refractivity contribution in [3.63, 3.8) is 0 Å². The van der Waals surface area contributed by atoms with Gasteiger partial charge in [0.25, 0.3) is 0 Å². The van der Waals surface area contributed by atoms with Crippen LogP contribution in [-0.2, 0) is 16.6 Å². The number of aliphatic hydroxyl groups is 1. The van der Waals surface area contributed by atoms with Gasteiger partial charge in [0, 0.05) is 16.2 Å². The van der Waals surface area contributed by atoms with E-state index in [4.69, 9.17) is 5.11 Å². The summed E-state index contributed by atoms with van der Waals surface area (Å²) in [4.78, 5) is 0.877. The van der Waals surface area contributed by atoms with Gasteiger partial charge in [0.2, 0.25) is 10.0 Å². The minimum absolute atomic E-state index is 0.00864. The summed E-state index contributed by atoms with van der Waals surface area (Å²) in [5.74, 6) is 1.000. The standard InChI is InChI=1S/C12H18BrNO3S3/c1-2-18-10-5-3-4-9(10)14-20(16,17)11-6-8(7-15)19-12(11)13/h6,9-10,14-15H,2-5,7H2,1H3. The maximum Gasteiger partial charge on any atom is 0.242 e. The zero-order valence-electron chi connectivity index (χ0n) is 11.1. The summed E-state index contributed by atoms with van der Waals surface area (Å²) in [6.45, 7) is 1.95. The Balaban J connectivity index is 2.16. The van der Waals surface area contributed by atoms with Crippen molar-refractivity contribution in [2.24, 2.45) is 0 Å². The fraction of sp³-hybridized carbons (Fsp3) is 0.667. The average Bonchev–Trinajstić information content (AvgIpc) is 2.97. The third kappa shape index (κ3) is 3.78. The maximum atomic E-state index is 12.5. The van der Waals surface area contributed by atoms with Crippen LogP contribution in [0.3, 0.4) is 0 Å². The molecule has 0 radical (unpaired) electrons. The molecule has 0 spiro atoms. The van der Waals surface area contributed by atoms with Crippen LogP contribution in [0.5, 0.6) is 0 Å². The van der Waals surface area contributed by atoms with E-state index in [0.29, 0.717) is 13.9 Å². The molecule has 1 saturated carbocycles. The van der Waals surface area contributed by atoms with Gasteiger partial charge in [-0.3, -0.25) is 0 Å². The Morgan fingerprint density at radius 2 is 2.30 bits per heavy atom. The topological polar surface area (TPSA) is 66.4 Å². The van der Waals surface area contributed by atoms with Crippen molar-refractivity contribution < 1.29 is 13.5 Å². The van der Waals surface area contributed by atoms with E-state index in [-0.39, 0.29) is 17.5 Å². The Bertz CT molecular complexity index is 558. The van der Waals surface area contributed by atoms with Crippen LogP contribution in [0, 0.1) is 0 Å². The molecule has 0 aliphatic heterocycles. The molecule has 1 aromatic heterocycles. The highest BCUT2D eigenvalue weighted by molar-refractivity contribution is 9.11. The monoisotopic (exact) mass is 399 g/mol. The van der Waals surface area contributed by atoms with E-state index >= 15 is 0 Å². The Labute approximate surface area is 136 Å². The summed E-state index contributed by atoms with van der Waals surface area (Å²) in [6.07, 6.45) is 3.03. The van der Waals surface area contributed by atoms with Crippen molar-refractivity contribution in [3.8, 4) is 0 Å². The number of thiophene rings is 1. The number of hydrogen-bond donors (Lipinski definition) is 2. The van der Waals surface area contributed by atoms with Gasteiger partial charge in [0.1, 0.15) is 4.90 Å². The third-order valence-electron chi connectivity index (χ3n) is 3.29. The van der Waals surface area contributed by atoms with E-state index < -0.39 is 10.0 Å². The predicted molar refractivity (Wildman–Crippen MR) is 87.8 cm³/mol. The van der Waals surface area contributed by atoms with Crippen LogP contribution in [0.4, 0.5) is 0 Å². The molecule has 2 unspecified atom stereocenters. The summed E-state index contributed by atoms with van der Waals surface area (Å²) in [5.41, 5.74) is 0. The zero-order valence-corrected chi connectivity index (χ0v) is 15.2. The van der Waals surface area contributed by atoms with Gasteiger partial charge in [0.05, 0.1) is 10.4 Å². The van der Waals surface area contributed by atoms with E-state index in [0.717, 1.165) is 25.0 Å². The van der Waals surface area contributed by atoms with Gasteiger partial charge < -0.3 is 5.11 Å². The molecular formula is C12H18BrNO3S3. The van der Waals surface area contributed by atoms with Crippen LogP contribution >= 0.6 is 39.0 Å². The van der Waals surface area contributed by atoms with Gasteiger partial charge in [-0.1, -0.05) is 13.3 Å². The number of rotatable bonds is 6. The quantitative estimate of drug-likeness (QED) is 0.771. The fourth-order valence-corrected chi connectivity index (χ4v) is 7.53. The molecule has 2 N–H and O–H groups in total. The molecule has 1 aliphatic rings. The molecule has 1 fully saturated rings. The lowest BCUT2D eigenvalue weighted by atomic mass is 10.3. The summed E-state index contributed by atoms with van der Waals surface area (Å²) in [5, 5.41) is 9.47. The number of sulfonamides is 1. The van der Waals surface area contributed by atoms with Crippen molar-refractivity contribution >= 4 is 49.1 Å². The van der Waals surface area contributed by atoms with Crippen LogP contribution in [0.15, 0.2) is 14.7 Å². The molecule has 1 aliphatic carbocycles. The SMILES string of the molecule is CCSC1CCCC1NS(=O)(=O)c1cc(CO)sc1Br. The van der Waals surface area contributed by atoms with Gasteiger partial charge in [-0.05, 0) is 40.6 Å². The van der Waals surface area contributed by atoms with Crippen LogP contribution in [0.1, 0.15) is 31.1 Å². The van der Waals surface area contributed by atoms with Gasteiger partial charge in [-0.15, -0.1) is 11.3 Å². The number of aliphatic hydroxyl groups excluding tert-OH is 1. The minimum atomic E-state index is -3.53. The predicted octanol–water partition coefficient (Wildman–Crippen LogP) is 2.96. The van der Waals surface area contributed by atoms with E-state index in [1.54, 1.807) is 0 Å². The lowest BCUT2D eigenvalue weighted by Gasteiger charge is -2.19. The molecule has 2 rings (SSSR count). The normalized spacial score (nSPS) is 23.4. The molecule has 114 valence electrons. The first kappa shape index (κ1) is 16.8. The minimum Gasteiger partial charge on any atom is -0.391 e. The molecule has 4 nitrogen and oxygen atoms in total. The number of halogens is 1. The fourth-order valence-electron chi connectivity index (χ4n) is 2.40. The van der Waals surface area contributed by atoms with E-state index in [2.05, 4.69) is 27.6 Å². The van der Waals surface area contributed by atoms with Crippen molar-refractivity contribution in [2.75, 3.05) is 5.75 Å². The Morgan fingerprint density at radius 1 is 1.55 bits per heavy atom. The van der Waals surface area contributed by atoms with Crippen molar-refractivity contribution in [3.05, 3.63) is 14.7 Å². The molecule has 0 amide bonds. The number of thioether (sulfide) groups is 1. The molecule has 20 heavy (non-hydrogen) atoms. The first-order valence-electron chi connectivity index (χ1n) is 6.51. The second kappa shape index (κ2) is 7.11. The molecule has 0 bridgehead atoms. The van der Waals surface area contributed by atoms with E-state index in [1.165, 1.54) is 17.4 Å². The summed E-state index contributed by atoms with van der Waals surface area (Å²) in [7, 11) is -3.53. The summed E-state index contributed by atoms with van der Waals surface area (Å²) >= 11 is 6.35.